The third kappa shape index (κ3) is 5.59. The number of aliphatic hydroxyl groups excluding tert-OH is 1. The lowest BCUT2D eigenvalue weighted by atomic mass is 10.1. The average molecular weight is 689 g/mol. The number of nitrogens with one attached hydrogen (secondary N) is 2. The van der Waals surface area contributed by atoms with E-state index in [1.165, 1.54) is 22.1 Å². The molecule has 4 aliphatic rings. The largest absolute Gasteiger partial charge is 0.472 e. The van der Waals surface area contributed by atoms with Crippen LogP contribution in [0.3, 0.4) is 0 Å². The highest BCUT2D eigenvalue weighted by Gasteiger charge is 2.54. The van der Waals surface area contributed by atoms with Crippen LogP contribution in [0.25, 0.3) is 11.2 Å². The molecule has 10 atom stereocenters. The quantitative estimate of drug-likeness (QED) is 0.196. The van der Waals surface area contributed by atoms with E-state index < -0.39 is 77.5 Å². The molecule has 8 N–H and O–H groups in total. The van der Waals surface area contributed by atoms with Crippen LogP contribution in [-0.4, -0.2) is 108 Å². The molecule has 250 valence electrons. The highest BCUT2D eigenvalue weighted by Crippen LogP contribution is 2.52. The third-order valence-corrected chi connectivity index (χ3v) is 10.6. The fourth-order valence-corrected chi connectivity index (χ4v) is 8.15. The maximum absolute atomic E-state index is 16.1. The third-order valence-electron chi connectivity index (χ3n) is 7.85. The number of hydrogen-bond acceptors (Lipinski definition) is 17. The predicted octanol–water partition coefficient (Wildman–Crippen LogP) is -0.0756. The van der Waals surface area contributed by atoms with Gasteiger partial charge in [-0.2, -0.15) is 4.98 Å². The fraction of sp³-hybridized carbons (Fsp3) is 0.609. The lowest BCUT2D eigenvalue weighted by molar-refractivity contribution is -0.0482. The Morgan fingerprint density at radius 2 is 1.98 bits per heavy atom. The van der Waals surface area contributed by atoms with Gasteiger partial charge in [-0.25, -0.2) is 23.9 Å². The van der Waals surface area contributed by atoms with Gasteiger partial charge in [-0.3, -0.25) is 23.4 Å². The summed E-state index contributed by atoms with van der Waals surface area (Å²) in [6, 6.07) is 0. The molecule has 0 radical (unpaired) electrons. The van der Waals surface area contributed by atoms with Crippen LogP contribution in [0.4, 0.5) is 27.7 Å². The number of rotatable bonds is 4. The minimum absolute atomic E-state index is 0.0459. The van der Waals surface area contributed by atoms with Crippen LogP contribution < -0.4 is 27.2 Å². The summed E-state index contributed by atoms with van der Waals surface area (Å²) in [6.07, 6.45) is -7.54. The van der Waals surface area contributed by atoms with Gasteiger partial charge in [0.25, 0.3) is 5.56 Å². The smallest absolute Gasteiger partial charge is 0.387 e. The number of aliphatic hydroxyl groups is 1. The van der Waals surface area contributed by atoms with Crippen LogP contribution in [0.5, 0.6) is 0 Å². The number of aromatic amines is 1. The minimum atomic E-state index is -4.99. The highest BCUT2D eigenvalue weighted by atomic mass is 31.2. The molecule has 4 aliphatic heterocycles. The van der Waals surface area contributed by atoms with Crippen LogP contribution in [0.1, 0.15) is 19.6 Å². The molecule has 7 rings (SSSR count). The zero-order valence-corrected chi connectivity index (χ0v) is 25.9. The molecule has 0 amide bonds. The molecule has 2 bridgehead atoms. The predicted molar refractivity (Wildman–Crippen MR) is 157 cm³/mol. The summed E-state index contributed by atoms with van der Waals surface area (Å²) >= 11 is 0. The number of nitrogens with zero attached hydrogens (tertiary/aromatic N) is 6. The molecule has 3 aromatic rings. The number of imidazole rings is 1. The average Bonchev–Trinajstić information content (AvgIpc) is 3.76. The molecule has 0 saturated carbocycles. The standard InChI is InChI=1S/C23H31FN10O10P2/c1-2-3-45-39-4-10-15(11(24)21(42-10)33-7-29-12-17(25)27-6-28-18(12)33)44-46(37,38)40-5-9-14(35)16(43-45)22(41-9)34-8-30-13-19(34)31-23(26)32-20(13)36/h6-7,9-11,14-16,21-22,30,35H,2-5,8H2,1H3,(H,37,38)(H2,25,27,28)(H3,26,31,32,36)/t9?,10?,11?,14?,15?,16?,21?,22?,45-/m0/s1. The van der Waals surface area contributed by atoms with Crippen molar-refractivity contribution in [2.24, 2.45) is 0 Å². The Hall–Kier alpha value is -3.10. The van der Waals surface area contributed by atoms with E-state index in [4.69, 9.17) is 39.0 Å². The van der Waals surface area contributed by atoms with E-state index in [1.807, 2.05) is 6.92 Å². The molecule has 46 heavy (non-hydrogen) atoms. The van der Waals surface area contributed by atoms with Gasteiger partial charge in [-0.05, 0) is 6.42 Å². The minimum Gasteiger partial charge on any atom is -0.387 e. The maximum Gasteiger partial charge on any atom is 0.472 e. The number of phosphoric ester groups is 1. The van der Waals surface area contributed by atoms with Crippen molar-refractivity contribution in [3.8, 4) is 0 Å². The number of H-pyrrole nitrogens is 1. The Bertz CT molecular complexity index is 1720. The van der Waals surface area contributed by atoms with Crippen molar-refractivity contribution in [2.75, 3.05) is 47.7 Å². The summed E-state index contributed by atoms with van der Waals surface area (Å²) < 4.78 is 65.6. The van der Waals surface area contributed by atoms with Crippen molar-refractivity contribution >= 4 is 50.6 Å². The van der Waals surface area contributed by atoms with E-state index in [0.29, 0.717) is 12.6 Å². The lowest BCUT2D eigenvalue weighted by Crippen LogP contribution is -2.45. The second-order valence-corrected chi connectivity index (χ2v) is 13.8. The van der Waals surface area contributed by atoms with Gasteiger partial charge in [0.1, 0.15) is 48.1 Å². The molecule has 7 heterocycles. The Labute approximate surface area is 260 Å². The van der Waals surface area contributed by atoms with E-state index in [2.05, 4.69) is 30.2 Å². The maximum atomic E-state index is 16.1. The molecule has 0 aromatic carbocycles. The SMILES string of the molecule is CCC[P@@]1OCC2OC(n3cnc4c(N)ncnc43)C(F)C2OP(=O)(O)OCC2OC(N3CNc4c3nc(N)[nH]c4=O)C(O1)C2O. The summed E-state index contributed by atoms with van der Waals surface area (Å²) in [5.41, 5.74) is 11.7. The van der Waals surface area contributed by atoms with E-state index >= 15 is 4.39 Å². The van der Waals surface area contributed by atoms with Crippen molar-refractivity contribution in [2.45, 2.75) is 62.5 Å². The molecular formula is C23H31FN10O10P2. The Morgan fingerprint density at radius 1 is 1.17 bits per heavy atom. The van der Waals surface area contributed by atoms with Gasteiger partial charge in [0.2, 0.25) is 5.95 Å². The number of phosphoric acid groups is 1. The first-order chi connectivity index (χ1) is 22.0. The number of ether oxygens (including phenoxy) is 2. The number of anilines is 4. The Balaban J connectivity index is 1.18. The van der Waals surface area contributed by atoms with Gasteiger partial charge in [0.15, 0.2) is 44.3 Å². The number of aromatic nitrogens is 6. The number of nitrogens with two attached hydrogens (primary N) is 2. The summed E-state index contributed by atoms with van der Waals surface area (Å²) in [4.78, 5) is 43.4. The van der Waals surface area contributed by atoms with Gasteiger partial charge >= 0.3 is 7.82 Å². The van der Waals surface area contributed by atoms with Crippen LogP contribution in [0, 0.1) is 0 Å². The van der Waals surface area contributed by atoms with Crippen molar-refractivity contribution in [1.82, 2.24) is 29.5 Å². The van der Waals surface area contributed by atoms with E-state index in [-0.39, 0.29) is 47.7 Å². The van der Waals surface area contributed by atoms with Crippen LogP contribution in [-0.2, 0) is 32.1 Å². The van der Waals surface area contributed by atoms with Crippen LogP contribution in [0.15, 0.2) is 17.4 Å². The second-order valence-electron chi connectivity index (χ2n) is 10.9. The highest BCUT2D eigenvalue weighted by molar-refractivity contribution is 7.47. The van der Waals surface area contributed by atoms with Gasteiger partial charge in [0.05, 0.1) is 26.2 Å². The van der Waals surface area contributed by atoms with E-state index in [0.717, 1.165) is 0 Å². The van der Waals surface area contributed by atoms with Gasteiger partial charge < -0.3 is 50.2 Å². The van der Waals surface area contributed by atoms with Crippen molar-refractivity contribution in [1.29, 1.82) is 0 Å². The summed E-state index contributed by atoms with van der Waals surface area (Å²) in [7, 11) is -6.77. The first-order valence-electron chi connectivity index (χ1n) is 14.2. The van der Waals surface area contributed by atoms with Gasteiger partial charge in [-0.15, -0.1) is 0 Å². The fourth-order valence-electron chi connectivity index (χ4n) is 5.72. The van der Waals surface area contributed by atoms with Crippen LogP contribution in [0.2, 0.25) is 0 Å². The normalized spacial score (nSPS) is 36.4. The molecule has 3 fully saturated rings. The number of alkyl halides is 1. The molecular weight excluding hydrogens is 657 g/mol. The van der Waals surface area contributed by atoms with Crippen LogP contribution >= 0.6 is 16.2 Å². The Morgan fingerprint density at radius 3 is 2.78 bits per heavy atom. The van der Waals surface area contributed by atoms with Gasteiger partial charge in [-0.1, -0.05) is 6.92 Å². The molecule has 3 saturated heterocycles. The second kappa shape index (κ2) is 12.2. The first-order valence-corrected chi connectivity index (χ1v) is 17.1. The first kappa shape index (κ1) is 31.5. The summed E-state index contributed by atoms with van der Waals surface area (Å²) in [6.45, 7) is 0.982. The summed E-state index contributed by atoms with van der Waals surface area (Å²) in [5, 5.41) is 14.2. The number of hydrogen-bond donors (Lipinski definition) is 6. The molecule has 3 aromatic heterocycles. The molecule has 9 unspecified atom stereocenters. The monoisotopic (exact) mass is 688 g/mol. The Kier molecular flexibility index (Phi) is 8.33. The number of halogens is 1. The molecule has 23 heteroatoms. The topological polar surface area (TPSA) is 270 Å². The zero-order chi connectivity index (χ0) is 32.3. The molecule has 0 spiro atoms. The molecule has 20 nitrogen and oxygen atoms in total. The van der Waals surface area contributed by atoms with E-state index in [9.17, 15) is 19.4 Å². The van der Waals surface area contributed by atoms with E-state index in [1.54, 1.807) is 0 Å². The lowest BCUT2D eigenvalue weighted by Gasteiger charge is -2.32. The number of fused-ring (bicyclic) bond motifs is 5. The number of nitrogen functional groups attached to an aromatic ring is 2. The molecule has 0 aliphatic carbocycles. The zero-order valence-electron chi connectivity index (χ0n) is 24.1. The summed E-state index contributed by atoms with van der Waals surface area (Å²) in [5.74, 6) is 0.0973. The van der Waals surface area contributed by atoms with Crippen molar-refractivity contribution in [3.63, 3.8) is 0 Å². The van der Waals surface area contributed by atoms with Crippen molar-refractivity contribution in [3.05, 3.63) is 23.0 Å². The van der Waals surface area contributed by atoms with Crippen molar-refractivity contribution < 1.29 is 46.5 Å². The van der Waals surface area contributed by atoms with Gasteiger partial charge in [0, 0.05) is 6.16 Å².